The third-order valence-corrected chi connectivity index (χ3v) is 12.3. The van der Waals surface area contributed by atoms with Gasteiger partial charge in [-0.2, -0.15) is 0 Å². The highest BCUT2D eigenvalue weighted by molar-refractivity contribution is 6.74. The van der Waals surface area contributed by atoms with Gasteiger partial charge >= 0.3 is 0 Å². The summed E-state index contributed by atoms with van der Waals surface area (Å²) in [5.74, 6) is 0. The van der Waals surface area contributed by atoms with E-state index in [0.29, 0.717) is 159 Å². The molecule has 0 heterocycles. The first kappa shape index (κ1) is 49.7. The van der Waals surface area contributed by atoms with Gasteiger partial charge in [0.2, 0.25) is 0 Å². The molecule has 0 saturated heterocycles. The molecule has 0 radical (unpaired) electrons. The van der Waals surface area contributed by atoms with Gasteiger partial charge in [0.1, 0.15) is 0 Å². The Morgan fingerprint density at radius 1 is 0.300 bits per heavy atom. The molecule has 0 saturated carbocycles. The van der Waals surface area contributed by atoms with Crippen molar-refractivity contribution in [3.63, 3.8) is 0 Å². The van der Waals surface area contributed by atoms with Gasteiger partial charge in [-0.05, 0) is 24.6 Å². The molecule has 0 spiro atoms. The second kappa shape index (κ2) is 38.4. The molecule has 13 nitrogen and oxygen atoms in total. The molecule has 0 aliphatic carbocycles. The minimum absolute atomic E-state index is 0.217. The average Bonchev–Trinajstić information content (AvgIpc) is 3.08. The summed E-state index contributed by atoms with van der Waals surface area (Å²) in [5, 5.41) is 0.217. The van der Waals surface area contributed by atoms with Gasteiger partial charge in [-0.15, -0.1) is 0 Å². The first-order valence-electron chi connectivity index (χ1n) is 18.9. The SMILES string of the molecule is CCCCCCOCCOCCOCCOCCOCCOCCOCCOCCOCCOCCOCCOCCO[Si](C)(C)C(C)(C)C. The molecular weight excluding hydrogens is 668 g/mol. The van der Waals surface area contributed by atoms with Crippen LogP contribution in [-0.4, -0.2) is 173 Å². The van der Waals surface area contributed by atoms with Crippen molar-refractivity contribution in [2.75, 3.05) is 165 Å². The molecular formula is C36H76O13Si. The smallest absolute Gasteiger partial charge is 0.192 e. The molecule has 0 fully saturated rings. The van der Waals surface area contributed by atoms with Gasteiger partial charge in [0.25, 0.3) is 0 Å². The van der Waals surface area contributed by atoms with Crippen molar-refractivity contribution in [1.29, 1.82) is 0 Å². The van der Waals surface area contributed by atoms with Crippen LogP contribution in [0.1, 0.15) is 53.4 Å². The Kier molecular flexibility index (Phi) is 38.2. The quantitative estimate of drug-likeness (QED) is 0.0631. The lowest BCUT2D eigenvalue weighted by Gasteiger charge is -2.36. The molecule has 0 aromatic rings. The lowest BCUT2D eigenvalue weighted by atomic mass is 10.2. The molecule has 302 valence electrons. The fourth-order valence-corrected chi connectivity index (χ4v) is 4.75. The number of rotatable bonds is 42. The summed E-state index contributed by atoms with van der Waals surface area (Å²) in [6, 6.07) is 0. The maximum absolute atomic E-state index is 6.08. The van der Waals surface area contributed by atoms with Crippen LogP contribution in [0.15, 0.2) is 0 Å². The summed E-state index contributed by atoms with van der Waals surface area (Å²) < 4.78 is 72.2. The first-order chi connectivity index (χ1) is 24.3. The Hall–Kier alpha value is -0.303. The summed E-state index contributed by atoms with van der Waals surface area (Å²) in [6.07, 6.45) is 4.90. The van der Waals surface area contributed by atoms with Gasteiger partial charge < -0.3 is 61.3 Å². The van der Waals surface area contributed by atoms with Gasteiger partial charge in [0, 0.05) is 6.61 Å². The summed E-state index contributed by atoms with van der Waals surface area (Å²) in [4.78, 5) is 0. The number of hydrogen-bond donors (Lipinski definition) is 0. The van der Waals surface area contributed by atoms with Gasteiger partial charge in [-0.3, -0.25) is 0 Å². The molecule has 0 bridgehead atoms. The Morgan fingerprint density at radius 2 is 0.520 bits per heavy atom. The predicted molar refractivity (Wildman–Crippen MR) is 197 cm³/mol. The van der Waals surface area contributed by atoms with Crippen LogP contribution >= 0.6 is 0 Å². The van der Waals surface area contributed by atoms with E-state index in [0.717, 1.165) is 13.0 Å². The lowest BCUT2D eigenvalue weighted by molar-refractivity contribution is -0.0285. The Morgan fingerprint density at radius 3 is 0.740 bits per heavy atom. The number of unbranched alkanes of at least 4 members (excludes halogenated alkanes) is 3. The van der Waals surface area contributed by atoms with Crippen LogP contribution in [0.3, 0.4) is 0 Å². The molecule has 0 rings (SSSR count). The largest absolute Gasteiger partial charge is 0.414 e. The van der Waals surface area contributed by atoms with Crippen molar-refractivity contribution in [2.45, 2.75) is 71.5 Å². The van der Waals surface area contributed by atoms with E-state index < -0.39 is 8.32 Å². The molecule has 50 heavy (non-hydrogen) atoms. The second-order valence-corrected chi connectivity index (χ2v) is 17.8. The molecule has 0 amide bonds. The summed E-state index contributed by atoms with van der Waals surface area (Å²) in [5.41, 5.74) is 0. The zero-order valence-corrected chi connectivity index (χ0v) is 33.8. The number of ether oxygens (including phenoxy) is 12. The van der Waals surface area contributed by atoms with Gasteiger partial charge in [-0.1, -0.05) is 47.0 Å². The molecule has 0 unspecified atom stereocenters. The van der Waals surface area contributed by atoms with E-state index in [1.807, 2.05) is 0 Å². The molecule has 0 aliphatic heterocycles. The van der Waals surface area contributed by atoms with Crippen LogP contribution in [0.2, 0.25) is 18.1 Å². The second-order valence-electron chi connectivity index (χ2n) is 13.0. The maximum Gasteiger partial charge on any atom is 0.192 e. The van der Waals surface area contributed by atoms with Gasteiger partial charge in [0.15, 0.2) is 8.32 Å². The van der Waals surface area contributed by atoms with Crippen molar-refractivity contribution >= 4 is 8.32 Å². The lowest BCUT2D eigenvalue weighted by Crippen LogP contribution is -2.41. The van der Waals surface area contributed by atoms with Crippen LogP contribution < -0.4 is 0 Å². The topological polar surface area (TPSA) is 120 Å². The van der Waals surface area contributed by atoms with Crippen molar-refractivity contribution in [2.24, 2.45) is 0 Å². The van der Waals surface area contributed by atoms with Crippen LogP contribution in [0.25, 0.3) is 0 Å². The van der Waals surface area contributed by atoms with Crippen LogP contribution in [0, 0.1) is 0 Å². The van der Waals surface area contributed by atoms with Crippen LogP contribution in [-0.2, 0) is 61.3 Å². The maximum atomic E-state index is 6.08. The molecule has 0 N–H and O–H groups in total. The number of hydrogen-bond acceptors (Lipinski definition) is 13. The average molecular weight is 745 g/mol. The third kappa shape index (κ3) is 37.5. The Bertz CT molecular complexity index is 656. The summed E-state index contributed by atoms with van der Waals surface area (Å²) in [7, 11) is -1.70. The minimum atomic E-state index is -1.70. The zero-order chi connectivity index (χ0) is 36.7. The van der Waals surface area contributed by atoms with Crippen LogP contribution in [0.4, 0.5) is 0 Å². The fourth-order valence-electron chi connectivity index (χ4n) is 3.72. The molecule has 0 atom stereocenters. The van der Waals surface area contributed by atoms with E-state index >= 15 is 0 Å². The van der Waals surface area contributed by atoms with E-state index in [9.17, 15) is 0 Å². The highest BCUT2D eigenvalue weighted by Crippen LogP contribution is 2.36. The molecule has 0 aromatic carbocycles. The predicted octanol–water partition coefficient (Wildman–Crippen LogP) is 4.79. The summed E-state index contributed by atoms with van der Waals surface area (Å²) in [6.45, 7) is 27.3. The highest BCUT2D eigenvalue weighted by atomic mass is 28.4. The van der Waals surface area contributed by atoms with E-state index in [4.69, 9.17) is 61.3 Å². The van der Waals surface area contributed by atoms with Crippen molar-refractivity contribution in [1.82, 2.24) is 0 Å². The highest BCUT2D eigenvalue weighted by Gasteiger charge is 2.36. The summed E-state index contributed by atoms with van der Waals surface area (Å²) >= 11 is 0. The Labute approximate surface area is 305 Å². The van der Waals surface area contributed by atoms with Gasteiger partial charge in [0.05, 0.1) is 159 Å². The van der Waals surface area contributed by atoms with Crippen molar-refractivity contribution in [3.8, 4) is 0 Å². The third-order valence-electron chi connectivity index (χ3n) is 7.73. The monoisotopic (exact) mass is 745 g/mol. The molecule has 0 aliphatic rings. The van der Waals surface area contributed by atoms with E-state index in [1.54, 1.807) is 0 Å². The fraction of sp³-hybridized carbons (Fsp3) is 1.00. The Balaban J connectivity index is 3.11. The van der Waals surface area contributed by atoms with E-state index in [-0.39, 0.29) is 5.04 Å². The normalized spacial score (nSPS) is 12.4. The van der Waals surface area contributed by atoms with E-state index in [1.165, 1.54) is 19.3 Å². The van der Waals surface area contributed by atoms with Gasteiger partial charge in [-0.25, -0.2) is 0 Å². The first-order valence-corrected chi connectivity index (χ1v) is 21.8. The molecule has 0 aromatic heterocycles. The van der Waals surface area contributed by atoms with Crippen molar-refractivity contribution in [3.05, 3.63) is 0 Å². The zero-order valence-electron chi connectivity index (χ0n) is 32.8. The van der Waals surface area contributed by atoms with E-state index in [2.05, 4.69) is 40.8 Å². The van der Waals surface area contributed by atoms with Crippen molar-refractivity contribution < 1.29 is 61.3 Å². The molecule has 14 heteroatoms. The standard InChI is InChI=1S/C36H76O13Si/c1-7-8-9-10-11-37-12-13-38-14-15-39-16-17-40-18-19-41-20-21-42-22-23-43-24-25-44-26-27-45-28-29-46-30-31-47-32-33-48-34-35-49-50(5,6)36(2,3)4/h7-35H2,1-6H3. The minimum Gasteiger partial charge on any atom is -0.414 e. The van der Waals surface area contributed by atoms with Crippen LogP contribution in [0.5, 0.6) is 0 Å².